The van der Waals surface area contributed by atoms with Crippen LogP contribution in [0.5, 0.6) is 0 Å². The molecule has 29 unspecified atom stereocenters. The Bertz CT molecular complexity index is 4160. The van der Waals surface area contributed by atoms with Crippen LogP contribution in [0.2, 0.25) is 0 Å². The lowest BCUT2D eigenvalue weighted by Crippen LogP contribution is -2.48. The lowest BCUT2D eigenvalue weighted by atomic mass is 9.62. The van der Waals surface area contributed by atoms with Gasteiger partial charge in [0.05, 0.1) is 77.4 Å². The third-order valence-corrected chi connectivity index (χ3v) is 34.6. The Kier molecular flexibility index (Phi) is 31.9. The highest BCUT2D eigenvalue weighted by Crippen LogP contribution is 2.71. The summed E-state index contributed by atoms with van der Waals surface area (Å²) in [5.41, 5.74) is 0.945. The summed E-state index contributed by atoms with van der Waals surface area (Å²) >= 11 is 0. The van der Waals surface area contributed by atoms with E-state index in [9.17, 15) is 52.7 Å². The molecule has 4 bridgehead atoms. The summed E-state index contributed by atoms with van der Waals surface area (Å²) in [5.74, 6) is 1.85. The molecule has 8 saturated carbocycles. The quantitative estimate of drug-likeness (QED) is 0.0748. The molecule has 3 spiro atoms. The van der Waals surface area contributed by atoms with Crippen molar-refractivity contribution >= 4 is 65.0 Å². The first-order chi connectivity index (χ1) is 62.9. The molecule has 0 aromatic heterocycles. The van der Waals surface area contributed by atoms with E-state index < -0.39 is 23.7 Å². The normalized spacial score (nSPS) is 40.8. The molecule has 132 heavy (non-hydrogen) atoms. The van der Waals surface area contributed by atoms with Gasteiger partial charge in [-0.15, -0.1) is 0 Å². The number of esters is 1. The van der Waals surface area contributed by atoms with E-state index in [0.29, 0.717) is 78.2 Å². The van der Waals surface area contributed by atoms with Crippen LogP contribution >= 0.6 is 0 Å². The number of hydrogen-bond acceptors (Lipinski definition) is 24. The number of likely N-dealkylation sites (tertiary alicyclic amines) is 5. The van der Waals surface area contributed by atoms with Gasteiger partial charge in [-0.05, 0) is 145 Å². The largest absolute Gasteiger partial charge is 0.463 e. The van der Waals surface area contributed by atoms with E-state index in [2.05, 4.69) is 27.7 Å². The van der Waals surface area contributed by atoms with Gasteiger partial charge in [0.1, 0.15) is 31.0 Å². The predicted octanol–water partition coefficient (Wildman–Crippen LogP) is 14.2. The number of nitrogens with zero attached hydrogens (tertiary/aromatic N) is 5. The minimum Gasteiger partial charge on any atom is -0.463 e. The van der Waals surface area contributed by atoms with Crippen molar-refractivity contribution in [1.29, 1.82) is 0 Å². The van der Waals surface area contributed by atoms with Crippen LogP contribution in [-0.2, 0) is 114 Å². The van der Waals surface area contributed by atoms with Crippen LogP contribution in [-0.4, -0.2) is 234 Å². The number of rotatable bonds is 18. The molecule has 11 aliphatic heterocycles. The number of imide groups is 5. The van der Waals surface area contributed by atoms with E-state index in [0.717, 1.165) is 163 Å². The monoisotopic (exact) mass is 1850 g/mol. The van der Waals surface area contributed by atoms with Gasteiger partial charge in [0.2, 0.25) is 59.1 Å². The highest BCUT2D eigenvalue weighted by atomic mass is 16.8. The second kappa shape index (κ2) is 41.9. The number of carbonyl (C=O) groups is 11. The molecule has 11 heterocycles. The van der Waals surface area contributed by atoms with E-state index in [1.165, 1.54) is 69.4 Å². The fourth-order valence-electron chi connectivity index (χ4n) is 25.6. The number of amides is 10. The minimum absolute atomic E-state index is 0.00196. The molecule has 29 nitrogen and oxygen atoms in total. The molecule has 11 saturated heterocycles. The van der Waals surface area contributed by atoms with Crippen molar-refractivity contribution in [3.8, 4) is 0 Å². The van der Waals surface area contributed by atoms with Gasteiger partial charge in [0.25, 0.3) is 0 Å². The Morgan fingerprint density at radius 3 is 1.33 bits per heavy atom. The van der Waals surface area contributed by atoms with E-state index in [1.54, 1.807) is 13.8 Å². The third-order valence-electron chi connectivity index (χ3n) is 34.6. The minimum atomic E-state index is -0.566. The smallest absolute Gasteiger partial charge is 0.309 e. The first kappa shape index (κ1) is 100. The van der Waals surface area contributed by atoms with Crippen LogP contribution in [0.1, 0.15) is 290 Å². The zero-order valence-electron chi connectivity index (χ0n) is 81.7. The highest BCUT2D eigenvalue weighted by molar-refractivity contribution is 6.07. The van der Waals surface area contributed by atoms with Crippen molar-refractivity contribution in [3.05, 3.63) is 35.9 Å². The van der Waals surface area contributed by atoms with Crippen molar-refractivity contribution in [2.45, 2.75) is 356 Å². The Morgan fingerprint density at radius 2 is 0.826 bits per heavy atom. The predicted molar refractivity (Wildman–Crippen MR) is 482 cm³/mol. The van der Waals surface area contributed by atoms with Crippen LogP contribution < -0.4 is 0 Å². The second-order valence-electron chi connectivity index (χ2n) is 43.4. The van der Waals surface area contributed by atoms with Crippen molar-refractivity contribution in [3.63, 3.8) is 0 Å². The zero-order chi connectivity index (χ0) is 94.4. The maximum Gasteiger partial charge on any atom is 0.309 e. The van der Waals surface area contributed by atoms with Crippen LogP contribution in [0.25, 0.3) is 0 Å². The van der Waals surface area contributed by atoms with E-state index >= 15 is 0 Å². The SMILES string of the molecule is CC1C(=O)N(CC2COC(c3ccccc3)O2)C(=O)C1C.CC1C(=O)N(CC2COC3(CCCCC3)O2)C(=O)C1C.CC1C(=O)N(CC2COC3(CCCCC3)OC2)C(=O)C1C.CC1C(C)C2CC1C1C3CC(C(=O)OCC4COC5(CCCCC5)O4)C(C3)C21.CCCC1(C)OC2CCC(N3C(=O)C(C)C(C)C3=O)CC2O1.CCCCC1(C)OCC(CN2C(=O)C(C)C(C)C2=O)O1. The van der Waals surface area contributed by atoms with E-state index in [4.69, 9.17) is 61.6 Å². The number of ether oxygens (including phenoxy) is 13. The molecule has 29 heteroatoms. The van der Waals surface area contributed by atoms with Gasteiger partial charge in [-0.2, -0.15) is 0 Å². The van der Waals surface area contributed by atoms with Crippen molar-refractivity contribution < 1.29 is 114 Å². The van der Waals surface area contributed by atoms with Crippen LogP contribution in [0.4, 0.5) is 0 Å². The number of benzene rings is 1. The Balaban J connectivity index is 0.000000122. The van der Waals surface area contributed by atoms with Crippen LogP contribution in [0.3, 0.4) is 0 Å². The molecule has 29 atom stereocenters. The maximum atomic E-state index is 13.0. The van der Waals surface area contributed by atoms with Crippen molar-refractivity contribution in [2.75, 3.05) is 72.4 Å². The Hall–Kier alpha value is -6.09. The van der Waals surface area contributed by atoms with E-state index in [1.807, 2.05) is 99.6 Å². The van der Waals surface area contributed by atoms with Crippen molar-refractivity contribution in [2.24, 2.45) is 118 Å². The fourth-order valence-corrected chi connectivity index (χ4v) is 25.6. The number of fused-ring (bicyclic) bond motifs is 10. The van der Waals surface area contributed by atoms with Gasteiger partial charge in [-0.3, -0.25) is 77.2 Å². The van der Waals surface area contributed by atoms with Gasteiger partial charge < -0.3 is 61.6 Å². The summed E-state index contributed by atoms with van der Waals surface area (Å²) in [4.78, 5) is 141. The molecule has 0 N–H and O–H groups in total. The summed E-state index contributed by atoms with van der Waals surface area (Å²) in [6, 6.07) is 9.62. The van der Waals surface area contributed by atoms with E-state index in [-0.39, 0.29) is 197 Å². The summed E-state index contributed by atoms with van der Waals surface area (Å²) < 4.78 is 77.2. The molecule has 1 aromatic carbocycles. The first-order valence-electron chi connectivity index (χ1n) is 51.3. The molecule has 20 rings (SSSR count). The molecule has 19 aliphatic rings. The molecule has 736 valence electrons. The molecule has 10 amide bonds. The topological polar surface area (TPSA) is 324 Å². The number of hydrogen-bond donors (Lipinski definition) is 0. The molecular formula is C103H155N5O24. The lowest BCUT2D eigenvalue weighted by Gasteiger charge is -2.43. The summed E-state index contributed by atoms with van der Waals surface area (Å²) in [5, 5.41) is 0. The molecule has 1 aromatic rings. The fraction of sp³-hybridized carbons (Fsp3) is 0.835. The molecule has 19 fully saturated rings. The summed E-state index contributed by atoms with van der Waals surface area (Å²) in [6.45, 7) is 36.1. The third kappa shape index (κ3) is 21.0. The van der Waals surface area contributed by atoms with Gasteiger partial charge >= 0.3 is 5.97 Å². The highest BCUT2D eigenvalue weighted by Gasteiger charge is 2.67. The first-order valence-corrected chi connectivity index (χ1v) is 51.3. The summed E-state index contributed by atoms with van der Waals surface area (Å²) in [6.07, 6.45) is 26.5. The van der Waals surface area contributed by atoms with Gasteiger partial charge in [0.15, 0.2) is 35.2 Å². The number of unbranched alkanes of at least 4 members (excludes halogenated alkanes) is 1. The molecular weight excluding hydrogens is 1690 g/mol. The second-order valence-corrected chi connectivity index (χ2v) is 43.4. The average molecular weight is 1850 g/mol. The lowest BCUT2D eigenvalue weighted by molar-refractivity contribution is -0.295. The van der Waals surface area contributed by atoms with Crippen molar-refractivity contribution in [1.82, 2.24) is 24.5 Å². The van der Waals surface area contributed by atoms with Crippen LogP contribution in [0, 0.1) is 118 Å². The molecule has 8 aliphatic carbocycles. The Morgan fingerprint density at radius 1 is 0.394 bits per heavy atom. The standard InChI is InChI=1S/C24H36O4.C17H27NO4.C16H25NO4.C16H19NO4.C15H23NO4.C15H25NO4/c1-13-14(2)18-10-17(13)21-15-8-19(22(18)21)20(9-15)23(25)26-11-16-12-27-24(28-16)6-4-3-5-7-24;1-5-8-17(4)21-13-7-6-12(9-14(13)22-17)18-15(19)10(2)11(3)16(18)20;1-11-12(2)15(19)17(14(11)18)8-13-9-20-16(21-10-13)6-4-3-5-7-16;1-10-11(2)15(19)17(14(10)18)8-13-9-20-16(21-13)12-6-4-3-5-7-12;1-10-11(2)14(18)16(13(10)17)8-12-9-19-15(20-12)6-4-3-5-7-15;1-5-6-7-15(4)19-9-12(20-15)8-16-13(17)10(2)11(3)14(16)18/h13-22H,3-12H2,1-2H3;10-14H,5-9H2,1-4H3;11-13H,3-10H2,1-2H3;3-7,10-11,13,16H,8-9H2,1-2H3;10-12H,3-9H2,1-2H3;10-12H,5-9H2,1-4H3. The number of carbonyl (C=O) groups excluding carboxylic acids is 11. The van der Waals surface area contributed by atoms with Gasteiger partial charge in [-0.1, -0.05) is 159 Å². The van der Waals surface area contributed by atoms with Gasteiger partial charge in [-0.25, -0.2) is 0 Å². The molecule has 0 radical (unpaired) electrons. The Labute approximate surface area is 782 Å². The summed E-state index contributed by atoms with van der Waals surface area (Å²) in [7, 11) is 0. The maximum absolute atomic E-state index is 13.0. The average Bonchev–Trinajstić information content (AvgIpc) is 1.53. The van der Waals surface area contributed by atoms with Gasteiger partial charge in [0, 0.05) is 135 Å². The zero-order valence-corrected chi connectivity index (χ0v) is 81.7. The van der Waals surface area contributed by atoms with Crippen LogP contribution in [0.15, 0.2) is 30.3 Å².